The topological polar surface area (TPSA) is 66.8 Å². The molecule has 3 atom stereocenters. The number of aliphatic hydroxyl groups is 1. The number of para-hydroxylation sites is 1. The number of aliphatic hydroxyl groups excluding tert-OH is 1. The van der Waals surface area contributed by atoms with E-state index < -0.39 is 12.1 Å². The number of esters is 1. The highest BCUT2D eigenvalue weighted by Crippen LogP contribution is 2.35. The Hall–Kier alpha value is -1.26. The summed E-state index contributed by atoms with van der Waals surface area (Å²) in [5, 5.41) is 20.1. The highest BCUT2D eigenvalue weighted by Gasteiger charge is 2.33. The number of ether oxygens (including phenoxy) is 1. The third-order valence-electron chi connectivity index (χ3n) is 4.41. The van der Waals surface area contributed by atoms with E-state index in [0.717, 1.165) is 25.7 Å². The van der Waals surface area contributed by atoms with Crippen molar-refractivity contribution in [3.63, 3.8) is 0 Å². The Morgan fingerprint density at radius 1 is 1.32 bits per heavy atom. The van der Waals surface area contributed by atoms with Crippen LogP contribution in [-0.2, 0) is 9.53 Å². The second-order valence-electron chi connectivity index (χ2n) is 6.25. The Morgan fingerprint density at radius 2 is 2.00 bits per heavy atom. The predicted molar refractivity (Wildman–Crippen MR) is 84.8 cm³/mol. The summed E-state index contributed by atoms with van der Waals surface area (Å²) in [4.78, 5) is 12.2. The summed E-state index contributed by atoms with van der Waals surface area (Å²) in [5.74, 6) is -0.263. The van der Waals surface area contributed by atoms with E-state index in [1.807, 2.05) is 0 Å². The Balaban J connectivity index is 2.09. The second kappa shape index (κ2) is 7.34. The summed E-state index contributed by atoms with van der Waals surface area (Å²) in [6.07, 6.45) is 2.34. The molecule has 0 spiro atoms. The van der Waals surface area contributed by atoms with Crippen molar-refractivity contribution in [2.75, 3.05) is 0 Å². The molecule has 1 aromatic carbocycles. The van der Waals surface area contributed by atoms with Gasteiger partial charge in [0.15, 0.2) is 6.10 Å². The summed E-state index contributed by atoms with van der Waals surface area (Å²) >= 11 is 5.81. The van der Waals surface area contributed by atoms with E-state index in [1.165, 1.54) is 12.1 Å². The van der Waals surface area contributed by atoms with Crippen LogP contribution in [0.15, 0.2) is 18.2 Å². The SMILES string of the molecule is CC(C)[C@H]1CCCC[C@@H]1OC(=O)[C@H](O)c1cccc(Cl)c1O. The molecule has 1 aliphatic rings. The van der Waals surface area contributed by atoms with Crippen molar-refractivity contribution in [2.24, 2.45) is 11.8 Å². The van der Waals surface area contributed by atoms with Gasteiger partial charge in [0.05, 0.1) is 5.02 Å². The lowest BCUT2D eigenvalue weighted by molar-refractivity contribution is -0.165. The van der Waals surface area contributed by atoms with Crippen LogP contribution in [0.4, 0.5) is 0 Å². The molecule has 5 heteroatoms. The zero-order valence-electron chi connectivity index (χ0n) is 13.0. The predicted octanol–water partition coefficient (Wildman–Crippen LogP) is 3.84. The number of phenolic OH excluding ortho intramolecular Hbond substituents is 1. The van der Waals surface area contributed by atoms with Gasteiger partial charge in [-0.1, -0.05) is 44.0 Å². The fourth-order valence-electron chi connectivity index (χ4n) is 3.13. The van der Waals surface area contributed by atoms with Crippen LogP contribution in [0.3, 0.4) is 0 Å². The molecule has 22 heavy (non-hydrogen) atoms. The second-order valence-corrected chi connectivity index (χ2v) is 6.66. The molecule has 4 nitrogen and oxygen atoms in total. The van der Waals surface area contributed by atoms with Gasteiger partial charge in [-0.15, -0.1) is 0 Å². The zero-order valence-corrected chi connectivity index (χ0v) is 13.7. The first-order valence-electron chi connectivity index (χ1n) is 7.77. The lowest BCUT2D eigenvalue weighted by Gasteiger charge is -2.34. The van der Waals surface area contributed by atoms with E-state index in [1.54, 1.807) is 6.07 Å². The van der Waals surface area contributed by atoms with E-state index in [2.05, 4.69) is 13.8 Å². The number of aromatic hydroxyl groups is 1. The van der Waals surface area contributed by atoms with Crippen molar-refractivity contribution >= 4 is 17.6 Å². The van der Waals surface area contributed by atoms with Crippen LogP contribution >= 0.6 is 11.6 Å². The molecule has 1 fully saturated rings. The third kappa shape index (κ3) is 3.73. The number of halogens is 1. The summed E-state index contributed by atoms with van der Waals surface area (Å²) in [5.41, 5.74) is 0.0782. The minimum atomic E-state index is -1.52. The summed E-state index contributed by atoms with van der Waals surface area (Å²) < 4.78 is 5.53. The van der Waals surface area contributed by atoms with Gasteiger partial charge in [-0.25, -0.2) is 4.79 Å². The largest absolute Gasteiger partial charge is 0.506 e. The molecule has 2 rings (SSSR count). The third-order valence-corrected chi connectivity index (χ3v) is 4.72. The van der Waals surface area contributed by atoms with Crippen molar-refractivity contribution in [3.05, 3.63) is 28.8 Å². The Bertz CT molecular complexity index is 529. The van der Waals surface area contributed by atoms with Crippen LogP contribution in [0.1, 0.15) is 51.2 Å². The molecule has 0 aromatic heterocycles. The maximum absolute atomic E-state index is 12.2. The van der Waals surface area contributed by atoms with Gasteiger partial charge in [-0.2, -0.15) is 0 Å². The summed E-state index contributed by atoms with van der Waals surface area (Å²) in [6, 6.07) is 4.54. The van der Waals surface area contributed by atoms with Gasteiger partial charge in [-0.3, -0.25) is 0 Å². The molecule has 1 aliphatic carbocycles. The highest BCUT2D eigenvalue weighted by atomic mass is 35.5. The van der Waals surface area contributed by atoms with E-state index in [9.17, 15) is 15.0 Å². The molecule has 0 aliphatic heterocycles. The number of hydrogen-bond donors (Lipinski definition) is 2. The molecule has 122 valence electrons. The summed E-state index contributed by atoms with van der Waals surface area (Å²) in [6.45, 7) is 4.24. The van der Waals surface area contributed by atoms with Gasteiger partial charge in [0, 0.05) is 5.56 Å². The lowest BCUT2D eigenvalue weighted by atomic mass is 9.79. The van der Waals surface area contributed by atoms with Crippen LogP contribution in [0.2, 0.25) is 5.02 Å². The van der Waals surface area contributed by atoms with Crippen molar-refractivity contribution in [1.82, 2.24) is 0 Å². The maximum Gasteiger partial charge on any atom is 0.340 e. The van der Waals surface area contributed by atoms with Gasteiger partial charge < -0.3 is 14.9 Å². The van der Waals surface area contributed by atoms with Crippen LogP contribution < -0.4 is 0 Å². The average molecular weight is 327 g/mol. The number of hydrogen-bond acceptors (Lipinski definition) is 4. The number of phenols is 1. The van der Waals surface area contributed by atoms with E-state index in [0.29, 0.717) is 11.8 Å². The standard InChI is InChI=1S/C17H23ClO4/c1-10(2)11-6-3-4-9-14(11)22-17(21)16(20)12-7-5-8-13(18)15(12)19/h5,7-8,10-11,14,16,19-20H,3-4,6,9H2,1-2H3/t11-,14+,16-/m1/s1. The van der Waals surface area contributed by atoms with Crippen LogP contribution in [0, 0.1) is 11.8 Å². The van der Waals surface area contributed by atoms with Crippen molar-refractivity contribution in [3.8, 4) is 5.75 Å². The van der Waals surface area contributed by atoms with Gasteiger partial charge in [-0.05, 0) is 37.2 Å². The van der Waals surface area contributed by atoms with E-state index >= 15 is 0 Å². The molecule has 0 heterocycles. The van der Waals surface area contributed by atoms with Crippen LogP contribution in [-0.4, -0.2) is 22.3 Å². The van der Waals surface area contributed by atoms with Crippen LogP contribution in [0.5, 0.6) is 5.75 Å². The molecular formula is C17H23ClO4. The number of carbonyl (C=O) groups excluding carboxylic acids is 1. The maximum atomic E-state index is 12.2. The Labute approximate surface area is 136 Å². The normalized spacial score (nSPS) is 23.3. The van der Waals surface area contributed by atoms with Crippen molar-refractivity contribution in [1.29, 1.82) is 0 Å². The molecule has 0 radical (unpaired) electrons. The minimum Gasteiger partial charge on any atom is -0.506 e. The number of carbonyl (C=O) groups is 1. The Kier molecular flexibility index (Phi) is 5.70. The number of rotatable bonds is 4. The monoisotopic (exact) mass is 326 g/mol. The molecule has 2 N–H and O–H groups in total. The first-order chi connectivity index (χ1) is 10.4. The molecule has 1 aromatic rings. The molecule has 0 unspecified atom stereocenters. The van der Waals surface area contributed by atoms with Crippen LogP contribution in [0.25, 0.3) is 0 Å². The first-order valence-corrected chi connectivity index (χ1v) is 8.15. The average Bonchev–Trinajstić information content (AvgIpc) is 2.49. The van der Waals surface area contributed by atoms with Gasteiger partial charge in [0.2, 0.25) is 0 Å². The Morgan fingerprint density at radius 3 is 2.68 bits per heavy atom. The molecular weight excluding hydrogens is 304 g/mol. The van der Waals surface area contributed by atoms with Crippen molar-refractivity contribution in [2.45, 2.75) is 51.7 Å². The van der Waals surface area contributed by atoms with E-state index in [4.69, 9.17) is 16.3 Å². The lowest BCUT2D eigenvalue weighted by Crippen LogP contribution is -2.34. The highest BCUT2D eigenvalue weighted by molar-refractivity contribution is 6.32. The molecule has 1 saturated carbocycles. The molecule has 0 amide bonds. The molecule has 0 saturated heterocycles. The van der Waals surface area contributed by atoms with Crippen molar-refractivity contribution < 1.29 is 19.7 Å². The van der Waals surface area contributed by atoms with Gasteiger partial charge >= 0.3 is 5.97 Å². The van der Waals surface area contributed by atoms with Gasteiger partial charge in [0.25, 0.3) is 0 Å². The van der Waals surface area contributed by atoms with E-state index in [-0.39, 0.29) is 22.4 Å². The zero-order chi connectivity index (χ0) is 16.3. The minimum absolute atomic E-state index is 0.0782. The summed E-state index contributed by atoms with van der Waals surface area (Å²) in [7, 11) is 0. The smallest absolute Gasteiger partial charge is 0.340 e. The van der Waals surface area contributed by atoms with Gasteiger partial charge in [0.1, 0.15) is 11.9 Å². The fraction of sp³-hybridized carbons (Fsp3) is 0.588. The number of benzene rings is 1. The first kappa shape index (κ1) is 17.1. The fourth-order valence-corrected chi connectivity index (χ4v) is 3.31. The quantitative estimate of drug-likeness (QED) is 0.825. The molecule has 0 bridgehead atoms.